The maximum atomic E-state index is 12.2. The van der Waals surface area contributed by atoms with Crippen molar-refractivity contribution in [2.24, 2.45) is 0 Å². The van der Waals surface area contributed by atoms with E-state index in [9.17, 15) is 14.4 Å². The number of ketones is 1. The smallest absolute Gasteiger partial charge is 0.226 e. The van der Waals surface area contributed by atoms with Gasteiger partial charge in [0.25, 0.3) is 0 Å². The third kappa shape index (κ3) is 5.17. The van der Waals surface area contributed by atoms with E-state index in [0.29, 0.717) is 22.0 Å². The minimum Gasteiger partial charge on any atom is -0.326 e. The van der Waals surface area contributed by atoms with E-state index in [4.69, 9.17) is 11.6 Å². The average molecular weight is 373 g/mol. The predicted octanol–water partition coefficient (Wildman–Crippen LogP) is 4.23. The summed E-state index contributed by atoms with van der Waals surface area (Å²) in [6, 6.07) is 12.0. The number of anilines is 2. The van der Waals surface area contributed by atoms with Gasteiger partial charge in [-0.2, -0.15) is 0 Å². The van der Waals surface area contributed by atoms with E-state index in [1.165, 1.54) is 13.8 Å². The zero-order valence-electron chi connectivity index (χ0n) is 15.0. The standard InChI is InChI=1S/C20H21ClN2O3/c1-13-4-7-17(21)12-19(13)23(15(3)25)11-10-20(26)22-18-8-5-16(6-9-18)14(2)24/h4-9,12H,10-11H2,1-3H3,(H,22,26). The summed E-state index contributed by atoms with van der Waals surface area (Å²) in [5.41, 5.74) is 2.80. The van der Waals surface area contributed by atoms with E-state index in [2.05, 4.69) is 5.32 Å². The molecular weight excluding hydrogens is 352 g/mol. The van der Waals surface area contributed by atoms with Crippen LogP contribution in [0.15, 0.2) is 42.5 Å². The minimum absolute atomic E-state index is 0.0307. The van der Waals surface area contributed by atoms with Crippen LogP contribution >= 0.6 is 11.6 Å². The molecule has 0 saturated heterocycles. The van der Waals surface area contributed by atoms with E-state index < -0.39 is 0 Å². The Bertz CT molecular complexity index is 831. The van der Waals surface area contributed by atoms with Gasteiger partial charge in [0.1, 0.15) is 0 Å². The number of benzene rings is 2. The number of amides is 2. The molecule has 2 rings (SSSR count). The first-order valence-corrected chi connectivity index (χ1v) is 8.61. The van der Waals surface area contributed by atoms with Crippen molar-refractivity contribution in [3.8, 4) is 0 Å². The van der Waals surface area contributed by atoms with Crippen LogP contribution in [0.3, 0.4) is 0 Å². The molecule has 0 fully saturated rings. The van der Waals surface area contributed by atoms with Gasteiger partial charge in [0.2, 0.25) is 11.8 Å². The summed E-state index contributed by atoms with van der Waals surface area (Å²) in [6.07, 6.45) is 0.139. The molecule has 2 amide bonds. The second-order valence-electron chi connectivity index (χ2n) is 6.03. The Balaban J connectivity index is 2.02. The summed E-state index contributed by atoms with van der Waals surface area (Å²) >= 11 is 6.03. The molecule has 0 heterocycles. The summed E-state index contributed by atoms with van der Waals surface area (Å²) in [5.74, 6) is -0.405. The Kier molecular flexibility index (Phi) is 6.52. The summed E-state index contributed by atoms with van der Waals surface area (Å²) in [5, 5.41) is 3.30. The molecule has 0 unspecified atom stereocenters. The van der Waals surface area contributed by atoms with Gasteiger partial charge in [0.15, 0.2) is 5.78 Å². The summed E-state index contributed by atoms with van der Waals surface area (Å²) < 4.78 is 0. The molecule has 136 valence electrons. The van der Waals surface area contributed by atoms with Gasteiger partial charge < -0.3 is 10.2 Å². The van der Waals surface area contributed by atoms with Crippen molar-refractivity contribution in [1.82, 2.24) is 0 Å². The van der Waals surface area contributed by atoms with E-state index in [1.54, 1.807) is 41.3 Å². The summed E-state index contributed by atoms with van der Waals surface area (Å²) in [6.45, 7) is 5.08. The fourth-order valence-electron chi connectivity index (χ4n) is 2.55. The van der Waals surface area contributed by atoms with Crippen LogP contribution in [0.5, 0.6) is 0 Å². The average Bonchev–Trinajstić information content (AvgIpc) is 2.58. The highest BCUT2D eigenvalue weighted by atomic mass is 35.5. The predicted molar refractivity (Wildman–Crippen MR) is 104 cm³/mol. The van der Waals surface area contributed by atoms with Gasteiger partial charge in [-0.15, -0.1) is 0 Å². The highest BCUT2D eigenvalue weighted by Crippen LogP contribution is 2.24. The van der Waals surface area contributed by atoms with E-state index in [0.717, 1.165) is 5.56 Å². The molecule has 0 aliphatic carbocycles. The van der Waals surface area contributed by atoms with Gasteiger partial charge in [-0.05, 0) is 55.8 Å². The van der Waals surface area contributed by atoms with Crippen LogP contribution in [0.2, 0.25) is 5.02 Å². The number of Topliss-reactive ketones (excluding diaryl/α,β-unsaturated/α-hetero) is 1. The number of nitrogens with one attached hydrogen (secondary N) is 1. The monoisotopic (exact) mass is 372 g/mol. The first kappa shape index (κ1) is 19.7. The summed E-state index contributed by atoms with van der Waals surface area (Å²) in [7, 11) is 0. The van der Waals surface area contributed by atoms with Crippen LogP contribution in [-0.2, 0) is 9.59 Å². The van der Waals surface area contributed by atoms with Crippen LogP contribution < -0.4 is 10.2 Å². The molecule has 5 nitrogen and oxygen atoms in total. The quantitative estimate of drug-likeness (QED) is 0.771. The Morgan fingerprint density at radius 3 is 2.27 bits per heavy atom. The second-order valence-corrected chi connectivity index (χ2v) is 6.47. The van der Waals surface area contributed by atoms with Gasteiger partial charge in [0, 0.05) is 41.9 Å². The zero-order chi connectivity index (χ0) is 19.3. The Hall–Kier alpha value is -2.66. The first-order chi connectivity index (χ1) is 12.3. The highest BCUT2D eigenvalue weighted by molar-refractivity contribution is 6.31. The molecule has 0 bridgehead atoms. The van der Waals surface area contributed by atoms with Gasteiger partial charge in [-0.3, -0.25) is 14.4 Å². The van der Waals surface area contributed by atoms with Crippen molar-refractivity contribution < 1.29 is 14.4 Å². The summed E-state index contributed by atoms with van der Waals surface area (Å²) in [4.78, 5) is 37.0. The van der Waals surface area contributed by atoms with Crippen molar-refractivity contribution in [1.29, 1.82) is 0 Å². The molecule has 2 aromatic carbocycles. The topological polar surface area (TPSA) is 66.5 Å². The van der Waals surface area contributed by atoms with Crippen molar-refractivity contribution in [3.05, 3.63) is 58.6 Å². The number of rotatable bonds is 6. The largest absolute Gasteiger partial charge is 0.326 e. The molecule has 0 radical (unpaired) electrons. The molecule has 0 saturated carbocycles. The molecule has 0 spiro atoms. The fraction of sp³-hybridized carbons (Fsp3) is 0.250. The van der Waals surface area contributed by atoms with Crippen molar-refractivity contribution in [2.75, 3.05) is 16.8 Å². The number of halogens is 1. The SMILES string of the molecule is CC(=O)c1ccc(NC(=O)CCN(C(C)=O)c2cc(Cl)ccc2C)cc1. The number of hydrogen-bond donors (Lipinski definition) is 1. The van der Waals surface area contributed by atoms with Crippen LogP contribution in [0.1, 0.15) is 36.2 Å². The van der Waals surface area contributed by atoms with Crippen LogP contribution in [0.25, 0.3) is 0 Å². The van der Waals surface area contributed by atoms with Gasteiger partial charge >= 0.3 is 0 Å². The Morgan fingerprint density at radius 1 is 1.04 bits per heavy atom. The first-order valence-electron chi connectivity index (χ1n) is 8.23. The fourth-order valence-corrected chi connectivity index (χ4v) is 2.71. The van der Waals surface area contributed by atoms with Crippen LogP contribution in [0.4, 0.5) is 11.4 Å². The van der Waals surface area contributed by atoms with E-state index in [1.807, 2.05) is 13.0 Å². The third-order valence-electron chi connectivity index (χ3n) is 3.98. The lowest BCUT2D eigenvalue weighted by Crippen LogP contribution is -2.32. The lowest BCUT2D eigenvalue weighted by Gasteiger charge is -2.23. The second kappa shape index (κ2) is 8.63. The third-order valence-corrected chi connectivity index (χ3v) is 4.21. The lowest BCUT2D eigenvalue weighted by atomic mass is 10.1. The molecule has 0 aliphatic rings. The number of nitrogens with zero attached hydrogens (tertiary/aromatic N) is 1. The molecule has 0 atom stereocenters. The molecule has 0 aliphatic heterocycles. The maximum absolute atomic E-state index is 12.2. The van der Waals surface area contributed by atoms with Crippen LogP contribution in [-0.4, -0.2) is 24.1 Å². The van der Waals surface area contributed by atoms with Gasteiger partial charge in [-0.25, -0.2) is 0 Å². The van der Waals surface area contributed by atoms with E-state index in [-0.39, 0.29) is 30.6 Å². The Labute approximate surface area is 158 Å². The molecule has 2 aromatic rings. The van der Waals surface area contributed by atoms with Crippen molar-refractivity contribution in [2.45, 2.75) is 27.2 Å². The normalized spacial score (nSPS) is 10.3. The van der Waals surface area contributed by atoms with Crippen LogP contribution in [0, 0.1) is 6.92 Å². The number of hydrogen-bond acceptors (Lipinski definition) is 3. The maximum Gasteiger partial charge on any atom is 0.226 e. The minimum atomic E-state index is -0.216. The molecule has 26 heavy (non-hydrogen) atoms. The van der Waals surface area contributed by atoms with Crippen molar-refractivity contribution in [3.63, 3.8) is 0 Å². The van der Waals surface area contributed by atoms with Gasteiger partial charge in [-0.1, -0.05) is 17.7 Å². The molecular formula is C20H21ClN2O3. The number of carbonyl (C=O) groups is 3. The molecule has 0 aromatic heterocycles. The van der Waals surface area contributed by atoms with E-state index >= 15 is 0 Å². The highest BCUT2D eigenvalue weighted by Gasteiger charge is 2.16. The molecule has 6 heteroatoms. The lowest BCUT2D eigenvalue weighted by molar-refractivity contribution is -0.117. The number of carbonyl (C=O) groups excluding carboxylic acids is 3. The molecule has 1 N–H and O–H groups in total. The number of aryl methyl sites for hydroxylation is 1. The Morgan fingerprint density at radius 2 is 1.69 bits per heavy atom. The zero-order valence-corrected chi connectivity index (χ0v) is 15.8. The van der Waals surface area contributed by atoms with Crippen molar-refractivity contribution >= 4 is 40.6 Å². The van der Waals surface area contributed by atoms with Gasteiger partial charge in [0.05, 0.1) is 0 Å².